The minimum atomic E-state index is -0.551. The summed E-state index contributed by atoms with van der Waals surface area (Å²) >= 11 is 0. The van der Waals surface area contributed by atoms with E-state index in [1.165, 1.54) is 25.9 Å². The Labute approximate surface area is 173 Å². The first kappa shape index (κ1) is 19.8. The summed E-state index contributed by atoms with van der Waals surface area (Å²) in [6, 6.07) is 5.44. The van der Waals surface area contributed by atoms with Crippen molar-refractivity contribution in [2.45, 2.75) is 6.42 Å². The molecule has 1 saturated heterocycles. The molecule has 156 valence electrons. The highest BCUT2D eigenvalue weighted by atomic mass is 16.5. The van der Waals surface area contributed by atoms with Crippen LogP contribution in [0.2, 0.25) is 0 Å². The van der Waals surface area contributed by atoms with Crippen molar-refractivity contribution >= 4 is 22.6 Å². The third kappa shape index (κ3) is 3.14. The molecule has 0 amide bonds. The number of ether oxygens (including phenoxy) is 3. The van der Waals surface area contributed by atoms with Crippen molar-refractivity contribution in [2.24, 2.45) is 7.05 Å². The van der Waals surface area contributed by atoms with Gasteiger partial charge in [-0.25, -0.2) is 9.78 Å². The lowest BCUT2D eigenvalue weighted by molar-refractivity contribution is 0.0593. The average molecular weight is 409 g/mol. The van der Waals surface area contributed by atoms with E-state index in [0.29, 0.717) is 16.9 Å². The molecule has 3 heterocycles. The molecule has 0 N–H and O–H groups in total. The topological polar surface area (TPSA) is 82.9 Å². The number of esters is 1. The van der Waals surface area contributed by atoms with E-state index in [0.717, 1.165) is 41.8 Å². The van der Waals surface area contributed by atoms with E-state index in [1.54, 1.807) is 31.6 Å². The second-order valence-electron chi connectivity index (χ2n) is 7.13. The van der Waals surface area contributed by atoms with Gasteiger partial charge in [-0.15, -0.1) is 0 Å². The van der Waals surface area contributed by atoms with Gasteiger partial charge in [0.25, 0.3) is 5.56 Å². The average Bonchev–Trinajstić information content (AvgIpc) is 2.73. The number of aromatic nitrogens is 2. The molecule has 3 aromatic rings. The molecular weight excluding hydrogens is 386 g/mol. The highest BCUT2D eigenvalue weighted by Crippen LogP contribution is 2.38. The molecule has 0 radical (unpaired) electrons. The number of fused-ring (bicyclic) bond motifs is 1. The summed E-state index contributed by atoms with van der Waals surface area (Å²) in [7, 11) is 5.97. The molecule has 30 heavy (non-hydrogen) atoms. The maximum absolute atomic E-state index is 12.7. The van der Waals surface area contributed by atoms with Gasteiger partial charge in [0.1, 0.15) is 22.9 Å². The first-order chi connectivity index (χ1) is 14.5. The highest BCUT2D eigenvalue weighted by Gasteiger charge is 2.23. The maximum atomic E-state index is 12.7. The predicted octanol–water partition coefficient (Wildman–Crippen LogP) is 2.61. The van der Waals surface area contributed by atoms with Gasteiger partial charge in [0, 0.05) is 43.5 Å². The lowest BCUT2D eigenvalue weighted by Gasteiger charge is -2.32. The van der Waals surface area contributed by atoms with Crippen LogP contribution < -0.4 is 19.9 Å². The van der Waals surface area contributed by atoms with E-state index in [-0.39, 0.29) is 11.1 Å². The Morgan fingerprint density at radius 1 is 1.03 bits per heavy atom. The van der Waals surface area contributed by atoms with Gasteiger partial charge in [0.2, 0.25) is 0 Å². The third-order valence-corrected chi connectivity index (χ3v) is 5.44. The number of aryl methyl sites for hydroxylation is 1. The molecule has 0 aliphatic carbocycles. The van der Waals surface area contributed by atoms with E-state index < -0.39 is 5.97 Å². The Balaban J connectivity index is 1.99. The fraction of sp³-hybridized carbons (Fsp3) is 0.318. The lowest BCUT2D eigenvalue weighted by Crippen LogP contribution is -2.37. The zero-order chi connectivity index (χ0) is 21.4. The standard InChI is InChI=1S/C22H23N3O5/c1-24-12-16(13-8-17(28-2)20(22(27)30-4)18(9-13)29-3)14-10-19(25-6-5-7-25)23-11-15(14)21(24)26/h8-12H,5-7H2,1-4H3. The van der Waals surface area contributed by atoms with Gasteiger partial charge in [0.05, 0.1) is 26.7 Å². The number of carbonyl (C=O) groups excluding carboxylic acids is 1. The summed E-state index contributed by atoms with van der Waals surface area (Å²) in [6.45, 7) is 1.91. The molecule has 2 aromatic heterocycles. The summed E-state index contributed by atoms with van der Waals surface area (Å²) in [5.41, 5.74) is 1.65. The minimum Gasteiger partial charge on any atom is -0.496 e. The predicted molar refractivity (Wildman–Crippen MR) is 114 cm³/mol. The SMILES string of the molecule is COC(=O)c1c(OC)cc(-c2cn(C)c(=O)c3cnc(N4CCC4)cc23)cc1OC. The Hall–Kier alpha value is -3.55. The van der Waals surface area contributed by atoms with Crippen LogP contribution in [0.1, 0.15) is 16.8 Å². The quantitative estimate of drug-likeness (QED) is 0.599. The largest absolute Gasteiger partial charge is 0.496 e. The second kappa shape index (κ2) is 7.70. The Kier molecular flexibility index (Phi) is 5.07. The number of anilines is 1. The lowest BCUT2D eigenvalue weighted by atomic mass is 9.98. The molecule has 0 saturated carbocycles. The number of pyridine rings is 2. The van der Waals surface area contributed by atoms with Crippen LogP contribution in [0.15, 0.2) is 35.4 Å². The monoisotopic (exact) mass is 409 g/mol. The molecule has 1 aromatic carbocycles. The Morgan fingerprint density at radius 2 is 1.70 bits per heavy atom. The second-order valence-corrected chi connectivity index (χ2v) is 7.13. The summed E-state index contributed by atoms with van der Waals surface area (Å²) in [5.74, 6) is 0.948. The summed E-state index contributed by atoms with van der Waals surface area (Å²) in [6.07, 6.45) is 4.54. The maximum Gasteiger partial charge on any atom is 0.345 e. The third-order valence-electron chi connectivity index (χ3n) is 5.44. The molecular formula is C22H23N3O5. The van der Waals surface area contributed by atoms with Crippen LogP contribution >= 0.6 is 0 Å². The first-order valence-electron chi connectivity index (χ1n) is 9.57. The number of benzene rings is 1. The minimum absolute atomic E-state index is 0.124. The number of methoxy groups -OCH3 is 3. The molecule has 4 rings (SSSR count). The smallest absolute Gasteiger partial charge is 0.345 e. The van der Waals surface area contributed by atoms with Crippen LogP contribution in [0.4, 0.5) is 5.82 Å². The number of rotatable bonds is 5. The molecule has 1 aliphatic heterocycles. The molecule has 8 nitrogen and oxygen atoms in total. The molecule has 8 heteroatoms. The van der Waals surface area contributed by atoms with Gasteiger partial charge in [-0.1, -0.05) is 0 Å². The number of hydrogen-bond donors (Lipinski definition) is 0. The van der Waals surface area contributed by atoms with Crippen molar-refractivity contribution in [1.82, 2.24) is 9.55 Å². The van der Waals surface area contributed by atoms with Crippen molar-refractivity contribution in [3.63, 3.8) is 0 Å². The van der Waals surface area contributed by atoms with Crippen LogP contribution in [0, 0.1) is 0 Å². The van der Waals surface area contributed by atoms with Gasteiger partial charge in [-0.05, 0) is 30.2 Å². The van der Waals surface area contributed by atoms with Gasteiger partial charge >= 0.3 is 5.97 Å². The molecule has 0 bridgehead atoms. The molecule has 1 aliphatic rings. The molecule has 0 atom stereocenters. The van der Waals surface area contributed by atoms with Crippen LogP contribution in [0.25, 0.3) is 21.9 Å². The van der Waals surface area contributed by atoms with E-state index in [2.05, 4.69) is 9.88 Å². The van der Waals surface area contributed by atoms with Crippen LogP contribution in [0.5, 0.6) is 11.5 Å². The van der Waals surface area contributed by atoms with Crippen molar-refractivity contribution < 1.29 is 19.0 Å². The Bertz CT molecular complexity index is 1170. The van der Waals surface area contributed by atoms with Crippen LogP contribution in [-0.4, -0.2) is 49.9 Å². The summed E-state index contributed by atoms with van der Waals surface area (Å²) in [4.78, 5) is 31.6. The van der Waals surface area contributed by atoms with E-state index in [1.807, 2.05) is 6.07 Å². The fourth-order valence-electron chi connectivity index (χ4n) is 3.67. The van der Waals surface area contributed by atoms with Crippen LogP contribution in [-0.2, 0) is 11.8 Å². The fourth-order valence-corrected chi connectivity index (χ4v) is 3.67. The van der Waals surface area contributed by atoms with Gasteiger partial charge in [-0.2, -0.15) is 0 Å². The normalized spacial score (nSPS) is 13.1. The van der Waals surface area contributed by atoms with E-state index >= 15 is 0 Å². The zero-order valence-electron chi connectivity index (χ0n) is 17.4. The molecule has 0 spiro atoms. The zero-order valence-corrected chi connectivity index (χ0v) is 17.4. The summed E-state index contributed by atoms with van der Waals surface area (Å²) in [5, 5.41) is 1.30. The Morgan fingerprint density at radius 3 is 2.23 bits per heavy atom. The van der Waals surface area contributed by atoms with E-state index in [9.17, 15) is 9.59 Å². The number of nitrogens with zero attached hydrogens (tertiary/aromatic N) is 3. The highest BCUT2D eigenvalue weighted by molar-refractivity contribution is 6.00. The molecule has 1 fully saturated rings. The van der Waals surface area contributed by atoms with E-state index in [4.69, 9.17) is 14.2 Å². The molecule has 0 unspecified atom stereocenters. The van der Waals surface area contributed by atoms with Crippen molar-refractivity contribution in [2.75, 3.05) is 39.3 Å². The van der Waals surface area contributed by atoms with Gasteiger partial charge < -0.3 is 23.7 Å². The van der Waals surface area contributed by atoms with Crippen molar-refractivity contribution in [3.05, 3.63) is 46.5 Å². The first-order valence-corrected chi connectivity index (χ1v) is 9.57. The van der Waals surface area contributed by atoms with Crippen LogP contribution in [0.3, 0.4) is 0 Å². The number of hydrogen-bond acceptors (Lipinski definition) is 7. The summed E-state index contributed by atoms with van der Waals surface area (Å²) < 4.78 is 17.3. The van der Waals surface area contributed by atoms with Gasteiger partial charge in [0.15, 0.2) is 0 Å². The van der Waals surface area contributed by atoms with Crippen molar-refractivity contribution in [3.8, 4) is 22.6 Å². The van der Waals surface area contributed by atoms with Gasteiger partial charge in [-0.3, -0.25) is 4.79 Å². The number of carbonyl (C=O) groups is 1. The van der Waals surface area contributed by atoms with Crippen molar-refractivity contribution in [1.29, 1.82) is 0 Å².